The Morgan fingerprint density at radius 2 is 1.75 bits per heavy atom. The standard InChI is InChI=1S/C10H13F6N3O/c1-19-8(10(14,15)16)6(2-5(3-17)4-20)7(18-19)9(11,12)13/h5,20H,2-4,17H2,1H3. The van der Waals surface area contributed by atoms with Gasteiger partial charge in [-0.15, -0.1) is 0 Å². The lowest BCUT2D eigenvalue weighted by Gasteiger charge is -2.15. The van der Waals surface area contributed by atoms with E-state index >= 15 is 0 Å². The van der Waals surface area contributed by atoms with Gasteiger partial charge >= 0.3 is 12.4 Å². The molecule has 1 aromatic heterocycles. The largest absolute Gasteiger partial charge is 0.435 e. The van der Waals surface area contributed by atoms with Gasteiger partial charge in [0.2, 0.25) is 0 Å². The third-order valence-electron chi connectivity index (χ3n) is 2.77. The molecular weight excluding hydrogens is 292 g/mol. The number of aliphatic hydroxyl groups excluding tert-OH is 1. The fraction of sp³-hybridized carbons (Fsp3) is 0.700. The van der Waals surface area contributed by atoms with Gasteiger partial charge in [0.05, 0.1) is 0 Å². The fourth-order valence-corrected chi connectivity index (χ4v) is 1.85. The van der Waals surface area contributed by atoms with Crippen molar-refractivity contribution in [3.05, 3.63) is 17.0 Å². The summed E-state index contributed by atoms with van der Waals surface area (Å²) >= 11 is 0. The van der Waals surface area contributed by atoms with E-state index in [1.165, 1.54) is 0 Å². The molecule has 1 aromatic rings. The fourth-order valence-electron chi connectivity index (χ4n) is 1.85. The normalized spacial score (nSPS) is 14.7. The molecule has 0 aliphatic rings. The van der Waals surface area contributed by atoms with Crippen molar-refractivity contribution in [1.82, 2.24) is 9.78 Å². The Morgan fingerprint density at radius 3 is 2.10 bits per heavy atom. The van der Waals surface area contributed by atoms with Gasteiger partial charge in [0, 0.05) is 19.2 Å². The van der Waals surface area contributed by atoms with Gasteiger partial charge < -0.3 is 10.8 Å². The molecule has 0 aliphatic heterocycles. The Morgan fingerprint density at radius 1 is 1.20 bits per heavy atom. The highest BCUT2D eigenvalue weighted by Gasteiger charge is 2.45. The van der Waals surface area contributed by atoms with E-state index in [4.69, 9.17) is 10.8 Å². The Labute approximate surface area is 110 Å². The van der Waals surface area contributed by atoms with Crippen LogP contribution in [0, 0.1) is 5.92 Å². The molecule has 0 bridgehead atoms. The molecule has 0 saturated carbocycles. The number of hydrogen-bond acceptors (Lipinski definition) is 3. The molecule has 0 saturated heterocycles. The van der Waals surface area contributed by atoms with Crippen molar-refractivity contribution in [2.45, 2.75) is 18.8 Å². The summed E-state index contributed by atoms with van der Waals surface area (Å²) in [6, 6.07) is 0. The zero-order chi connectivity index (χ0) is 15.7. The van der Waals surface area contributed by atoms with Crippen LogP contribution in [0.4, 0.5) is 26.3 Å². The molecule has 0 radical (unpaired) electrons. The summed E-state index contributed by atoms with van der Waals surface area (Å²) in [7, 11) is 0.790. The van der Waals surface area contributed by atoms with Gasteiger partial charge in [0.1, 0.15) is 5.69 Å². The molecule has 116 valence electrons. The predicted molar refractivity (Wildman–Crippen MR) is 56.5 cm³/mol. The summed E-state index contributed by atoms with van der Waals surface area (Å²) in [4.78, 5) is 0. The molecule has 10 heteroatoms. The first-order valence-electron chi connectivity index (χ1n) is 5.53. The predicted octanol–water partition coefficient (Wildman–Crippen LogP) is 1.57. The lowest BCUT2D eigenvalue weighted by molar-refractivity contribution is -0.145. The number of aliphatic hydroxyl groups is 1. The maximum absolute atomic E-state index is 12.8. The van der Waals surface area contributed by atoms with E-state index in [0.717, 1.165) is 7.05 Å². The third kappa shape index (κ3) is 3.42. The summed E-state index contributed by atoms with van der Waals surface area (Å²) in [6.45, 7) is -0.847. The van der Waals surface area contributed by atoms with Crippen molar-refractivity contribution in [3.8, 4) is 0 Å². The van der Waals surface area contributed by atoms with E-state index in [1.807, 2.05) is 0 Å². The average molecular weight is 305 g/mol. The zero-order valence-corrected chi connectivity index (χ0v) is 10.4. The van der Waals surface area contributed by atoms with Crippen LogP contribution in [0.1, 0.15) is 17.0 Å². The smallest absolute Gasteiger partial charge is 0.396 e. The Bertz CT molecular complexity index is 461. The topological polar surface area (TPSA) is 64.1 Å². The van der Waals surface area contributed by atoms with Crippen molar-refractivity contribution in [1.29, 1.82) is 0 Å². The minimum atomic E-state index is -5.01. The van der Waals surface area contributed by atoms with E-state index in [9.17, 15) is 26.3 Å². The van der Waals surface area contributed by atoms with E-state index in [1.54, 1.807) is 0 Å². The number of rotatable bonds is 4. The number of halogens is 6. The quantitative estimate of drug-likeness (QED) is 0.830. The van der Waals surface area contributed by atoms with E-state index < -0.39 is 48.2 Å². The number of aromatic nitrogens is 2. The summed E-state index contributed by atoms with van der Waals surface area (Å²) in [5, 5.41) is 11.8. The van der Waals surface area contributed by atoms with Crippen molar-refractivity contribution < 1.29 is 31.4 Å². The van der Waals surface area contributed by atoms with Gasteiger partial charge in [-0.25, -0.2) is 0 Å². The molecule has 0 aromatic carbocycles. The van der Waals surface area contributed by atoms with Gasteiger partial charge in [0.25, 0.3) is 0 Å². The highest BCUT2D eigenvalue weighted by atomic mass is 19.4. The van der Waals surface area contributed by atoms with E-state index in [2.05, 4.69) is 5.10 Å². The molecule has 3 N–H and O–H groups in total. The lowest BCUT2D eigenvalue weighted by Crippen LogP contribution is -2.24. The van der Waals surface area contributed by atoms with Crippen molar-refractivity contribution in [2.24, 2.45) is 18.7 Å². The third-order valence-corrected chi connectivity index (χ3v) is 2.77. The van der Waals surface area contributed by atoms with Crippen LogP contribution in [0.15, 0.2) is 0 Å². The second-order valence-corrected chi connectivity index (χ2v) is 4.28. The molecule has 0 aliphatic carbocycles. The second-order valence-electron chi connectivity index (χ2n) is 4.28. The lowest BCUT2D eigenvalue weighted by atomic mass is 9.97. The first-order chi connectivity index (χ1) is 9.02. The molecule has 1 atom stereocenters. The van der Waals surface area contributed by atoms with Crippen LogP contribution in [0.5, 0.6) is 0 Å². The maximum Gasteiger partial charge on any atom is 0.435 e. The maximum atomic E-state index is 12.8. The first kappa shape index (κ1) is 16.8. The summed E-state index contributed by atoms with van der Waals surface area (Å²) in [5.41, 5.74) is 1.14. The molecule has 4 nitrogen and oxygen atoms in total. The molecule has 0 fully saturated rings. The average Bonchev–Trinajstić information content (AvgIpc) is 2.62. The first-order valence-corrected chi connectivity index (χ1v) is 5.53. The number of nitrogens with zero attached hydrogens (tertiary/aromatic N) is 2. The van der Waals surface area contributed by atoms with Crippen LogP contribution < -0.4 is 5.73 Å². The second kappa shape index (κ2) is 5.60. The molecule has 1 unspecified atom stereocenters. The minimum absolute atomic E-state index is 0.156. The van der Waals surface area contributed by atoms with Crippen LogP contribution in [0.25, 0.3) is 0 Å². The SMILES string of the molecule is Cn1nc(C(F)(F)F)c(CC(CN)CO)c1C(F)(F)F. The van der Waals surface area contributed by atoms with Gasteiger partial charge in [0.15, 0.2) is 5.69 Å². The van der Waals surface area contributed by atoms with Gasteiger partial charge in [-0.2, -0.15) is 31.4 Å². The monoisotopic (exact) mass is 305 g/mol. The summed E-state index contributed by atoms with van der Waals surface area (Å²) in [5.74, 6) is -0.901. The van der Waals surface area contributed by atoms with Gasteiger partial charge in [-0.3, -0.25) is 4.68 Å². The number of aryl methyl sites for hydroxylation is 1. The van der Waals surface area contributed by atoms with Crippen LogP contribution in [0.3, 0.4) is 0 Å². The van der Waals surface area contributed by atoms with E-state index in [-0.39, 0.29) is 11.2 Å². The number of alkyl halides is 6. The summed E-state index contributed by atoms with van der Waals surface area (Å²) in [6.07, 6.45) is -10.6. The van der Waals surface area contributed by atoms with Crippen molar-refractivity contribution >= 4 is 0 Å². The van der Waals surface area contributed by atoms with Crippen molar-refractivity contribution in [2.75, 3.05) is 13.2 Å². The van der Waals surface area contributed by atoms with Crippen molar-refractivity contribution in [3.63, 3.8) is 0 Å². The highest BCUT2D eigenvalue weighted by molar-refractivity contribution is 5.31. The highest BCUT2D eigenvalue weighted by Crippen LogP contribution is 2.39. The zero-order valence-electron chi connectivity index (χ0n) is 10.4. The molecular formula is C10H13F6N3O. The molecule has 20 heavy (non-hydrogen) atoms. The Hall–Kier alpha value is -1.29. The minimum Gasteiger partial charge on any atom is -0.396 e. The molecule has 1 heterocycles. The van der Waals surface area contributed by atoms with Crippen LogP contribution in [-0.2, 0) is 25.8 Å². The molecule has 0 amide bonds. The van der Waals surface area contributed by atoms with E-state index in [0.29, 0.717) is 0 Å². The van der Waals surface area contributed by atoms with Crippen LogP contribution in [0.2, 0.25) is 0 Å². The number of hydrogen-bond donors (Lipinski definition) is 2. The number of nitrogens with two attached hydrogens (primary N) is 1. The van der Waals surface area contributed by atoms with Crippen LogP contribution >= 0.6 is 0 Å². The molecule has 0 spiro atoms. The summed E-state index contributed by atoms with van der Waals surface area (Å²) < 4.78 is 77.0. The van der Waals surface area contributed by atoms with Gasteiger partial charge in [-0.05, 0) is 18.9 Å². The Balaban J connectivity index is 3.42. The van der Waals surface area contributed by atoms with Gasteiger partial charge in [-0.1, -0.05) is 0 Å². The Kier molecular flexibility index (Phi) is 4.70. The molecule has 1 rings (SSSR count). The van der Waals surface area contributed by atoms with Crippen LogP contribution in [-0.4, -0.2) is 28.0 Å².